The van der Waals surface area contributed by atoms with E-state index in [0.29, 0.717) is 37.5 Å². The summed E-state index contributed by atoms with van der Waals surface area (Å²) >= 11 is 0. The Bertz CT molecular complexity index is 752. The first kappa shape index (κ1) is 18.0. The molecule has 1 aliphatic heterocycles. The first-order valence-corrected chi connectivity index (χ1v) is 8.75. The van der Waals surface area contributed by atoms with Gasteiger partial charge in [0.25, 0.3) is 11.8 Å². The molecule has 0 radical (unpaired) electrons. The van der Waals surface area contributed by atoms with Crippen molar-refractivity contribution in [2.75, 3.05) is 26.2 Å². The van der Waals surface area contributed by atoms with Crippen LogP contribution in [0.1, 0.15) is 41.7 Å². The number of ether oxygens (including phenoxy) is 1. The summed E-state index contributed by atoms with van der Waals surface area (Å²) < 4.78 is 10.9. The van der Waals surface area contributed by atoms with Crippen molar-refractivity contribution in [2.24, 2.45) is 0 Å². The maximum Gasteiger partial charge on any atom is 0.289 e. The minimum atomic E-state index is -0.275. The van der Waals surface area contributed by atoms with Crippen LogP contribution >= 0.6 is 0 Å². The highest BCUT2D eigenvalue weighted by Crippen LogP contribution is 2.20. The van der Waals surface area contributed by atoms with E-state index in [1.165, 1.54) is 6.26 Å². The molecular weight excluding hydrogens is 332 g/mol. The molecular formula is C20H24N2O4. The van der Waals surface area contributed by atoms with Gasteiger partial charge in [-0.1, -0.05) is 0 Å². The predicted octanol–water partition coefficient (Wildman–Crippen LogP) is 3.06. The second kappa shape index (κ2) is 7.23. The third-order valence-corrected chi connectivity index (χ3v) is 4.11. The molecule has 1 aliphatic rings. The number of piperazine rings is 1. The van der Waals surface area contributed by atoms with Crippen LogP contribution < -0.4 is 4.74 Å². The Kier molecular flexibility index (Phi) is 5.02. The number of carbonyl (C=O) groups excluding carboxylic acids is 2. The van der Waals surface area contributed by atoms with E-state index in [0.717, 1.165) is 5.75 Å². The van der Waals surface area contributed by atoms with Gasteiger partial charge in [0.2, 0.25) is 0 Å². The van der Waals surface area contributed by atoms with Gasteiger partial charge in [0.15, 0.2) is 5.76 Å². The van der Waals surface area contributed by atoms with Gasteiger partial charge in [-0.05, 0) is 57.2 Å². The summed E-state index contributed by atoms with van der Waals surface area (Å²) in [6.45, 7) is 7.95. The molecule has 0 unspecified atom stereocenters. The van der Waals surface area contributed by atoms with E-state index in [2.05, 4.69) is 0 Å². The van der Waals surface area contributed by atoms with Crippen molar-refractivity contribution in [2.45, 2.75) is 26.4 Å². The first-order chi connectivity index (χ1) is 12.3. The van der Waals surface area contributed by atoms with E-state index >= 15 is 0 Å². The number of amides is 2. The molecule has 0 aliphatic carbocycles. The number of furan rings is 1. The fourth-order valence-corrected chi connectivity index (χ4v) is 2.87. The van der Waals surface area contributed by atoms with Gasteiger partial charge in [-0.3, -0.25) is 9.59 Å². The molecule has 1 aromatic heterocycles. The van der Waals surface area contributed by atoms with E-state index in [-0.39, 0.29) is 17.4 Å². The van der Waals surface area contributed by atoms with Gasteiger partial charge in [0.1, 0.15) is 11.4 Å². The molecule has 6 heteroatoms. The molecule has 0 spiro atoms. The highest BCUT2D eigenvalue weighted by atomic mass is 16.5. The van der Waals surface area contributed by atoms with Crippen LogP contribution in [0.2, 0.25) is 0 Å². The minimum absolute atomic E-state index is 0.0302. The van der Waals surface area contributed by atoms with E-state index < -0.39 is 0 Å². The summed E-state index contributed by atoms with van der Waals surface area (Å²) in [6, 6.07) is 10.5. The zero-order chi connectivity index (χ0) is 18.7. The molecule has 3 rings (SSSR count). The monoisotopic (exact) mass is 356 g/mol. The Morgan fingerprint density at radius 1 is 0.923 bits per heavy atom. The van der Waals surface area contributed by atoms with Crippen LogP contribution in [0.25, 0.3) is 0 Å². The van der Waals surface area contributed by atoms with Crippen LogP contribution in [0.3, 0.4) is 0 Å². The van der Waals surface area contributed by atoms with Crippen molar-refractivity contribution in [3.63, 3.8) is 0 Å². The third-order valence-electron chi connectivity index (χ3n) is 4.11. The predicted molar refractivity (Wildman–Crippen MR) is 97.3 cm³/mol. The summed E-state index contributed by atoms with van der Waals surface area (Å²) in [5.41, 5.74) is 0.347. The SMILES string of the molecule is CC(C)(C)Oc1ccc(C(=O)N2CCN(C(=O)c3ccco3)CC2)cc1. The lowest BCUT2D eigenvalue weighted by Gasteiger charge is -2.34. The van der Waals surface area contributed by atoms with Gasteiger partial charge in [0, 0.05) is 31.7 Å². The Balaban J connectivity index is 1.57. The number of rotatable bonds is 3. The number of hydrogen-bond donors (Lipinski definition) is 0. The fourth-order valence-electron chi connectivity index (χ4n) is 2.87. The zero-order valence-corrected chi connectivity index (χ0v) is 15.4. The van der Waals surface area contributed by atoms with E-state index in [1.807, 2.05) is 32.9 Å². The minimum Gasteiger partial charge on any atom is -0.488 e. The summed E-state index contributed by atoms with van der Waals surface area (Å²) in [7, 11) is 0. The van der Waals surface area contributed by atoms with Crippen molar-refractivity contribution >= 4 is 11.8 Å². The smallest absolute Gasteiger partial charge is 0.289 e. The first-order valence-electron chi connectivity index (χ1n) is 8.75. The summed E-state index contributed by atoms with van der Waals surface area (Å²) in [5.74, 6) is 0.908. The van der Waals surface area contributed by atoms with Crippen molar-refractivity contribution in [1.29, 1.82) is 0 Å². The molecule has 2 heterocycles. The second-order valence-electron chi connectivity index (χ2n) is 7.30. The highest BCUT2D eigenvalue weighted by molar-refractivity contribution is 5.95. The van der Waals surface area contributed by atoms with Crippen molar-refractivity contribution < 1.29 is 18.7 Å². The molecule has 1 aromatic carbocycles. The lowest BCUT2D eigenvalue weighted by Crippen LogP contribution is -2.50. The lowest BCUT2D eigenvalue weighted by atomic mass is 10.1. The van der Waals surface area contributed by atoms with Gasteiger partial charge in [0.05, 0.1) is 6.26 Å². The van der Waals surface area contributed by atoms with Crippen LogP contribution in [0, 0.1) is 0 Å². The third kappa shape index (κ3) is 4.25. The molecule has 0 N–H and O–H groups in total. The molecule has 138 valence electrons. The largest absolute Gasteiger partial charge is 0.488 e. The van der Waals surface area contributed by atoms with Gasteiger partial charge in [-0.15, -0.1) is 0 Å². The normalized spacial score (nSPS) is 15.0. The molecule has 1 saturated heterocycles. The number of nitrogens with zero attached hydrogens (tertiary/aromatic N) is 2. The maximum atomic E-state index is 12.7. The van der Waals surface area contributed by atoms with Gasteiger partial charge in [-0.2, -0.15) is 0 Å². The van der Waals surface area contributed by atoms with E-state index in [4.69, 9.17) is 9.15 Å². The molecule has 1 fully saturated rings. The molecule has 2 amide bonds. The lowest BCUT2D eigenvalue weighted by molar-refractivity contribution is 0.0518. The number of benzene rings is 1. The number of carbonyl (C=O) groups is 2. The zero-order valence-electron chi connectivity index (χ0n) is 15.4. The average molecular weight is 356 g/mol. The summed E-state index contributed by atoms with van der Waals surface area (Å²) in [6.07, 6.45) is 1.49. The van der Waals surface area contributed by atoms with Gasteiger partial charge in [-0.25, -0.2) is 0 Å². The van der Waals surface area contributed by atoms with Crippen LogP contribution in [0.15, 0.2) is 47.1 Å². The molecule has 0 atom stereocenters. The standard InChI is InChI=1S/C20H24N2O4/c1-20(2,3)26-16-8-6-15(7-9-16)18(23)21-10-12-22(13-11-21)19(24)17-5-4-14-25-17/h4-9,14H,10-13H2,1-3H3. The Labute approximate surface area is 153 Å². The van der Waals surface area contributed by atoms with Crippen molar-refractivity contribution in [3.05, 3.63) is 54.0 Å². The van der Waals surface area contributed by atoms with E-state index in [1.54, 1.807) is 34.1 Å². The molecule has 0 bridgehead atoms. The Morgan fingerprint density at radius 2 is 1.50 bits per heavy atom. The van der Waals surface area contributed by atoms with Crippen LogP contribution in [0.4, 0.5) is 0 Å². The van der Waals surface area contributed by atoms with Crippen LogP contribution in [0.5, 0.6) is 5.75 Å². The molecule has 0 saturated carbocycles. The molecule has 6 nitrogen and oxygen atoms in total. The Hall–Kier alpha value is -2.76. The topological polar surface area (TPSA) is 63.0 Å². The van der Waals surface area contributed by atoms with Crippen molar-refractivity contribution in [1.82, 2.24) is 9.80 Å². The quantitative estimate of drug-likeness (QED) is 0.848. The fraction of sp³-hybridized carbons (Fsp3) is 0.400. The van der Waals surface area contributed by atoms with E-state index in [9.17, 15) is 9.59 Å². The van der Waals surface area contributed by atoms with Crippen molar-refractivity contribution in [3.8, 4) is 5.75 Å². The maximum absolute atomic E-state index is 12.7. The number of hydrogen-bond acceptors (Lipinski definition) is 4. The Morgan fingerprint density at radius 3 is 2.00 bits per heavy atom. The molecule has 26 heavy (non-hydrogen) atoms. The average Bonchev–Trinajstić information content (AvgIpc) is 3.14. The van der Waals surface area contributed by atoms with Gasteiger partial charge >= 0.3 is 0 Å². The summed E-state index contributed by atoms with van der Waals surface area (Å²) in [4.78, 5) is 28.4. The van der Waals surface area contributed by atoms with Crippen LogP contribution in [-0.4, -0.2) is 53.4 Å². The van der Waals surface area contributed by atoms with Crippen LogP contribution in [-0.2, 0) is 0 Å². The second-order valence-corrected chi connectivity index (χ2v) is 7.30. The molecule has 2 aromatic rings. The summed E-state index contributed by atoms with van der Waals surface area (Å²) in [5, 5.41) is 0. The van der Waals surface area contributed by atoms with Gasteiger partial charge < -0.3 is 19.0 Å². The highest BCUT2D eigenvalue weighted by Gasteiger charge is 2.26.